The number of sulfone groups is 1. The lowest BCUT2D eigenvalue weighted by atomic mass is 10.2. The van der Waals surface area contributed by atoms with Gasteiger partial charge in [-0.05, 0) is 36.4 Å². The minimum Gasteiger partial charge on any atom is -0.431 e. The quantitative estimate of drug-likeness (QED) is 0.427. The fraction of sp³-hybridized carbons (Fsp3) is 0.200. The van der Waals surface area contributed by atoms with Crippen molar-refractivity contribution in [1.82, 2.24) is 9.97 Å². The van der Waals surface area contributed by atoms with Gasteiger partial charge in [-0.2, -0.15) is 17.6 Å². The maximum atomic E-state index is 12.8. The zero-order valence-electron chi connectivity index (χ0n) is 16.5. The van der Waals surface area contributed by atoms with Crippen molar-refractivity contribution in [3.63, 3.8) is 0 Å². The predicted octanol–water partition coefficient (Wildman–Crippen LogP) is 4.42. The van der Waals surface area contributed by atoms with Crippen LogP contribution >= 0.6 is 0 Å². The largest absolute Gasteiger partial charge is 0.431 e. The van der Waals surface area contributed by atoms with E-state index in [1.807, 2.05) is 0 Å². The normalized spacial score (nSPS) is 11.6. The minimum atomic E-state index is -3.44. The van der Waals surface area contributed by atoms with Gasteiger partial charge in [-0.1, -0.05) is 0 Å². The van der Waals surface area contributed by atoms with E-state index in [1.165, 1.54) is 49.1 Å². The van der Waals surface area contributed by atoms with E-state index < -0.39 is 34.6 Å². The number of aromatic nitrogens is 2. The zero-order valence-corrected chi connectivity index (χ0v) is 17.3. The number of ether oxygens (including phenoxy) is 2. The van der Waals surface area contributed by atoms with Crippen LogP contribution in [0, 0.1) is 0 Å². The molecule has 0 saturated carbocycles. The summed E-state index contributed by atoms with van der Waals surface area (Å²) in [6.45, 7) is -6.35. The first-order valence-corrected chi connectivity index (χ1v) is 10.9. The van der Waals surface area contributed by atoms with Crippen molar-refractivity contribution in [2.45, 2.75) is 24.7 Å². The monoisotopic (exact) mass is 471 g/mol. The van der Waals surface area contributed by atoms with Crippen molar-refractivity contribution in [3.05, 3.63) is 66.7 Å². The highest BCUT2D eigenvalue weighted by molar-refractivity contribution is 7.90. The maximum Gasteiger partial charge on any atom is 0.387 e. The number of benzene rings is 2. The molecule has 3 aromatic rings. The van der Waals surface area contributed by atoms with E-state index >= 15 is 0 Å². The molecule has 32 heavy (non-hydrogen) atoms. The molecule has 0 amide bonds. The van der Waals surface area contributed by atoms with Gasteiger partial charge in [-0.15, -0.1) is 0 Å². The second kappa shape index (κ2) is 9.81. The summed E-state index contributed by atoms with van der Waals surface area (Å²) in [6.07, 6.45) is 5.47. The molecular weight excluding hydrogens is 454 g/mol. The van der Waals surface area contributed by atoms with Crippen LogP contribution in [0.15, 0.2) is 66.1 Å². The Morgan fingerprint density at radius 3 is 2.00 bits per heavy atom. The van der Waals surface area contributed by atoms with Crippen LogP contribution in [-0.4, -0.2) is 37.9 Å². The lowest BCUT2D eigenvalue weighted by Gasteiger charge is -2.26. The third kappa shape index (κ3) is 6.06. The third-order valence-corrected chi connectivity index (χ3v) is 5.33. The number of halogens is 4. The van der Waals surface area contributed by atoms with Crippen LogP contribution in [0.25, 0.3) is 0 Å². The molecule has 0 spiro atoms. The number of hydrogen-bond acceptors (Lipinski definition) is 7. The molecule has 0 N–H and O–H groups in total. The number of hydrogen-bond donors (Lipinski definition) is 0. The van der Waals surface area contributed by atoms with Crippen molar-refractivity contribution in [1.29, 1.82) is 0 Å². The standard InChI is InChI=1S/C20H17F4N3O4S/c1-32(28,29)16-5-2-14(3-6-16)27(11-13-9-25-12-26-10-13)15-4-7-17(30-19(21)22)18(8-15)31-20(23)24/h2-10,12,19-20H,11H2,1H3. The number of rotatable bonds is 9. The third-order valence-electron chi connectivity index (χ3n) is 4.20. The first kappa shape index (κ1) is 23.3. The van der Waals surface area contributed by atoms with Gasteiger partial charge in [0.1, 0.15) is 6.33 Å². The first-order valence-electron chi connectivity index (χ1n) is 8.98. The topological polar surface area (TPSA) is 81.6 Å². The Morgan fingerprint density at radius 1 is 0.875 bits per heavy atom. The summed E-state index contributed by atoms with van der Waals surface area (Å²) in [4.78, 5) is 9.57. The van der Waals surface area contributed by atoms with Gasteiger partial charge >= 0.3 is 13.2 Å². The lowest BCUT2D eigenvalue weighted by molar-refractivity contribution is -0.0692. The van der Waals surface area contributed by atoms with Crippen LogP contribution in [-0.2, 0) is 16.4 Å². The van der Waals surface area contributed by atoms with Gasteiger partial charge in [0.15, 0.2) is 21.3 Å². The molecule has 170 valence electrons. The highest BCUT2D eigenvalue weighted by atomic mass is 32.2. The lowest BCUT2D eigenvalue weighted by Crippen LogP contribution is -2.17. The molecule has 1 heterocycles. The highest BCUT2D eigenvalue weighted by Crippen LogP contribution is 2.37. The van der Waals surface area contributed by atoms with E-state index in [-0.39, 0.29) is 11.4 Å². The second-order valence-corrected chi connectivity index (χ2v) is 8.50. The number of anilines is 2. The van der Waals surface area contributed by atoms with Crippen molar-refractivity contribution < 1.29 is 35.5 Å². The predicted molar refractivity (Wildman–Crippen MR) is 107 cm³/mol. The zero-order chi connectivity index (χ0) is 23.3. The Bertz CT molecular complexity index is 1150. The van der Waals surface area contributed by atoms with Gasteiger partial charge in [0.2, 0.25) is 0 Å². The van der Waals surface area contributed by atoms with Crippen LogP contribution in [0.1, 0.15) is 5.56 Å². The van der Waals surface area contributed by atoms with Gasteiger partial charge in [0, 0.05) is 41.7 Å². The van der Waals surface area contributed by atoms with Crippen LogP contribution in [0.4, 0.5) is 28.9 Å². The van der Waals surface area contributed by atoms with Crippen LogP contribution in [0.3, 0.4) is 0 Å². The fourth-order valence-corrected chi connectivity index (χ4v) is 3.48. The minimum absolute atomic E-state index is 0.0895. The van der Waals surface area contributed by atoms with Gasteiger partial charge in [-0.25, -0.2) is 18.4 Å². The van der Waals surface area contributed by atoms with Crippen molar-refractivity contribution >= 4 is 21.2 Å². The van der Waals surface area contributed by atoms with Gasteiger partial charge < -0.3 is 14.4 Å². The molecule has 0 unspecified atom stereocenters. The van der Waals surface area contributed by atoms with Gasteiger partial charge in [-0.3, -0.25) is 0 Å². The first-order chi connectivity index (χ1) is 15.1. The van der Waals surface area contributed by atoms with E-state index in [0.717, 1.165) is 18.4 Å². The smallest absolute Gasteiger partial charge is 0.387 e. The molecule has 0 aliphatic heterocycles. The Balaban J connectivity index is 2.06. The summed E-state index contributed by atoms with van der Waals surface area (Å²) in [7, 11) is -3.44. The molecule has 3 rings (SSSR count). The molecule has 0 bridgehead atoms. The molecule has 1 aromatic heterocycles. The molecule has 0 aliphatic rings. The summed E-state index contributed by atoms with van der Waals surface area (Å²) >= 11 is 0. The van der Waals surface area contributed by atoms with Crippen LogP contribution in [0.2, 0.25) is 0 Å². The Labute approximate surface area is 181 Å². The van der Waals surface area contributed by atoms with Crippen molar-refractivity contribution in [2.75, 3.05) is 11.2 Å². The molecule has 0 saturated heterocycles. The van der Waals surface area contributed by atoms with Crippen molar-refractivity contribution in [2.24, 2.45) is 0 Å². The molecule has 7 nitrogen and oxygen atoms in total. The summed E-state index contributed by atoms with van der Waals surface area (Å²) in [5, 5.41) is 0. The Morgan fingerprint density at radius 2 is 1.44 bits per heavy atom. The summed E-state index contributed by atoms with van der Waals surface area (Å²) < 4.78 is 83.1. The van der Waals surface area contributed by atoms with Crippen LogP contribution < -0.4 is 14.4 Å². The van der Waals surface area contributed by atoms with E-state index in [1.54, 1.807) is 4.90 Å². The van der Waals surface area contributed by atoms with Crippen LogP contribution in [0.5, 0.6) is 11.5 Å². The number of nitrogens with zero attached hydrogens (tertiary/aromatic N) is 3. The second-order valence-electron chi connectivity index (χ2n) is 6.49. The average Bonchev–Trinajstić information content (AvgIpc) is 2.73. The average molecular weight is 471 g/mol. The molecule has 12 heteroatoms. The summed E-state index contributed by atoms with van der Waals surface area (Å²) in [5.74, 6) is -1.14. The SMILES string of the molecule is CS(=O)(=O)c1ccc(N(Cc2cncnc2)c2ccc(OC(F)F)c(OC(F)F)c2)cc1. The molecule has 2 aromatic carbocycles. The van der Waals surface area contributed by atoms with Gasteiger partial charge in [0.05, 0.1) is 11.4 Å². The van der Waals surface area contributed by atoms with E-state index in [4.69, 9.17) is 0 Å². The summed E-state index contributed by atoms with van der Waals surface area (Å²) in [5.41, 5.74) is 1.42. The number of alkyl halides is 4. The van der Waals surface area contributed by atoms with Gasteiger partial charge in [0.25, 0.3) is 0 Å². The Kier molecular flexibility index (Phi) is 7.13. The molecule has 0 radical (unpaired) electrons. The maximum absolute atomic E-state index is 12.8. The Hall–Kier alpha value is -3.41. The molecule has 0 aliphatic carbocycles. The van der Waals surface area contributed by atoms with E-state index in [9.17, 15) is 26.0 Å². The van der Waals surface area contributed by atoms with E-state index in [0.29, 0.717) is 16.9 Å². The van der Waals surface area contributed by atoms with E-state index in [2.05, 4.69) is 19.4 Å². The van der Waals surface area contributed by atoms with Crippen molar-refractivity contribution in [3.8, 4) is 11.5 Å². The highest BCUT2D eigenvalue weighted by Gasteiger charge is 2.19. The summed E-state index contributed by atoms with van der Waals surface area (Å²) in [6, 6.07) is 9.42. The molecule has 0 fully saturated rings. The fourth-order valence-electron chi connectivity index (χ4n) is 2.85. The molecule has 0 atom stereocenters. The molecular formula is C20H17F4N3O4S.